The summed E-state index contributed by atoms with van der Waals surface area (Å²) < 4.78 is 25.8. The van der Waals surface area contributed by atoms with Crippen LogP contribution in [0.3, 0.4) is 0 Å². The molecule has 0 aliphatic carbocycles. The fourth-order valence-electron chi connectivity index (χ4n) is 1.40. The molecule has 0 unspecified atom stereocenters. The van der Waals surface area contributed by atoms with Crippen LogP contribution in [0.4, 0.5) is 5.69 Å². The summed E-state index contributed by atoms with van der Waals surface area (Å²) in [5.74, 6) is -2.34. The van der Waals surface area contributed by atoms with E-state index in [0.29, 0.717) is 10.2 Å². The van der Waals surface area contributed by atoms with Gasteiger partial charge >= 0.3 is 5.97 Å². The normalized spacial score (nSPS) is 11.2. The van der Waals surface area contributed by atoms with Gasteiger partial charge in [0.2, 0.25) is 10.0 Å². The number of hydrogen-bond acceptors (Lipinski definition) is 3. The van der Waals surface area contributed by atoms with E-state index in [4.69, 9.17) is 5.11 Å². The molecule has 0 fully saturated rings. The topological polar surface area (TPSA) is 83.5 Å². The van der Waals surface area contributed by atoms with Crippen LogP contribution in [0, 0.1) is 13.8 Å². The Morgan fingerprint density at radius 1 is 1.41 bits per heavy atom. The summed E-state index contributed by atoms with van der Waals surface area (Å²) in [6, 6.07) is 3.56. The van der Waals surface area contributed by atoms with E-state index in [0.717, 1.165) is 11.1 Å². The van der Waals surface area contributed by atoms with Crippen LogP contribution in [0.5, 0.6) is 0 Å². The maximum Gasteiger partial charge on any atom is 0.320 e. The molecule has 5 nitrogen and oxygen atoms in total. The van der Waals surface area contributed by atoms with Gasteiger partial charge in [-0.3, -0.25) is 9.52 Å². The second kappa shape index (κ2) is 5.05. The molecule has 0 amide bonds. The summed E-state index contributed by atoms with van der Waals surface area (Å²) in [6.07, 6.45) is 0. The van der Waals surface area contributed by atoms with Crippen molar-refractivity contribution in [1.82, 2.24) is 0 Å². The lowest BCUT2D eigenvalue weighted by Crippen LogP contribution is -2.23. The smallest absolute Gasteiger partial charge is 0.320 e. The fraction of sp³-hybridized carbons (Fsp3) is 0.300. The molecule has 0 radical (unpaired) electrons. The van der Waals surface area contributed by atoms with E-state index >= 15 is 0 Å². The minimum absolute atomic E-state index is 0.372. The highest BCUT2D eigenvalue weighted by Crippen LogP contribution is 2.28. The van der Waals surface area contributed by atoms with E-state index in [9.17, 15) is 13.2 Å². The molecule has 0 saturated heterocycles. The van der Waals surface area contributed by atoms with Gasteiger partial charge < -0.3 is 5.11 Å². The van der Waals surface area contributed by atoms with E-state index in [-0.39, 0.29) is 0 Å². The second-order valence-electron chi connectivity index (χ2n) is 3.69. The zero-order valence-electron chi connectivity index (χ0n) is 9.32. The molecule has 0 spiro atoms. The average molecular weight is 322 g/mol. The number of benzene rings is 1. The minimum Gasteiger partial charge on any atom is -0.480 e. The van der Waals surface area contributed by atoms with E-state index in [2.05, 4.69) is 20.7 Å². The Balaban J connectivity index is 3.08. The molecule has 0 saturated carbocycles. The zero-order valence-corrected chi connectivity index (χ0v) is 11.7. The Morgan fingerprint density at radius 2 is 2.00 bits per heavy atom. The molecule has 0 bridgehead atoms. The molecule has 7 heteroatoms. The molecule has 1 aromatic rings. The maximum absolute atomic E-state index is 11.5. The van der Waals surface area contributed by atoms with E-state index < -0.39 is 21.7 Å². The summed E-state index contributed by atoms with van der Waals surface area (Å²) >= 11 is 3.24. The molecule has 1 rings (SSSR count). The Bertz CT molecular complexity index is 530. The first-order valence-electron chi connectivity index (χ1n) is 4.70. The number of sulfonamides is 1. The molecule has 2 N–H and O–H groups in total. The van der Waals surface area contributed by atoms with Gasteiger partial charge in [-0.2, -0.15) is 0 Å². The van der Waals surface area contributed by atoms with Gasteiger partial charge in [-0.05, 0) is 47.0 Å². The van der Waals surface area contributed by atoms with Crippen LogP contribution in [-0.2, 0) is 14.8 Å². The van der Waals surface area contributed by atoms with Crippen LogP contribution in [0.15, 0.2) is 16.6 Å². The summed E-state index contributed by atoms with van der Waals surface area (Å²) in [4.78, 5) is 10.4. The minimum atomic E-state index is -3.87. The van der Waals surface area contributed by atoms with Gasteiger partial charge in [0.25, 0.3) is 0 Å². The number of carboxylic acids is 1. The molecule has 0 atom stereocenters. The maximum atomic E-state index is 11.5. The van der Waals surface area contributed by atoms with Crippen molar-refractivity contribution in [2.24, 2.45) is 0 Å². The second-order valence-corrected chi connectivity index (χ2v) is 6.27. The monoisotopic (exact) mass is 321 g/mol. The Hall–Kier alpha value is -1.08. The van der Waals surface area contributed by atoms with Crippen LogP contribution in [0.25, 0.3) is 0 Å². The predicted octanol–water partition coefficient (Wildman–Crippen LogP) is 1.89. The number of aliphatic carboxylic acids is 1. The van der Waals surface area contributed by atoms with E-state index in [1.807, 2.05) is 13.0 Å². The molecule has 0 aliphatic heterocycles. The van der Waals surface area contributed by atoms with Gasteiger partial charge in [0.15, 0.2) is 5.75 Å². The highest BCUT2D eigenvalue weighted by molar-refractivity contribution is 9.10. The van der Waals surface area contributed by atoms with Crippen molar-refractivity contribution < 1.29 is 18.3 Å². The molecule has 17 heavy (non-hydrogen) atoms. The van der Waals surface area contributed by atoms with Crippen molar-refractivity contribution in [3.8, 4) is 0 Å². The first-order valence-corrected chi connectivity index (χ1v) is 7.15. The Kier molecular flexibility index (Phi) is 4.16. The Labute approximate surface area is 108 Å². The van der Waals surface area contributed by atoms with Crippen molar-refractivity contribution in [2.75, 3.05) is 10.5 Å². The summed E-state index contributed by atoms with van der Waals surface area (Å²) in [7, 11) is -3.87. The SMILES string of the molecule is Cc1cc(C)c(NS(=O)(=O)CC(=O)O)c(Br)c1. The van der Waals surface area contributed by atoms with Crippen molar-refractivity contribution in [2.45, 2.75) is 13.8 Å². The fourth-order valence-corrected chi connectivity index (χ4v) is 3.28. The highest BCUT2D eigenvalue weighted by atomic mass is 79.9. The van der Waals surface area contributed by atoms with Gasteiger partial charge in [-0.1, -0.05) is 6.07 Å². The molecule has 0 aromatic heterocycles. The number of aryl methyl sites for hydroxylation is 2. The first kappa shape index (κ1) is 14.0. The van der Waals surface area contributed by atoms with Crippen LogP contribution >= 0.6 is 15.9 Å². The average Bonchev–Trinajstić information content (AvgIpc) is 2.09. The third-order valence-electron chi connectivity index (χ3n) is 2.00. The quantitative estimate of drug-likeness (QED) is 0.887. The van der Waals surface area contributed by atoms with Crippen molar-refractivity contribution in [1.29, 1.82) is 0 Å². The number of halogens is 1. The van der Waals surface area contributed by atoms with Crippen molar-refractivity contribution in [3.05, 3.63) is 27.7 Å². The van der Waals surface area contributed by atoms with Crippen LogP contribution in [0.1, 0.15) is 11.1 Å². The Morgan fingerprint density at radius 3 is 2.47 bits per heavy atom. The van der Waals surface area contributed by atoms with Gasteiger partial charge in [-0.15, -0.1) is 0 Å². The molecular formula is C10H12BrNO4S. The molecule has 1 aromatic carbocycles. The molecule has 0 heterocycles. The summed E-state index contributed by atoms with van der Waals surface area (Å²) in [6.45, 7) is 3.63. The van der Waals surface area contributed by atoms with E-state index in [1.54, 1.807) is 13.0 Å². The highest BCUT2D eigenvalue weighted by Gasteiger charge is 2.18. The van der Waals surface area contributed by atoms with Gasteiger partial charge in [-0.25, -0.2) is 8.42 Å². The molecule has 0 aliphatic rings. The standard InChI is InChI=1S/C10H12BrNO4S/c1-6-3-7(2)10(8(11)4-6)12-17(15,16)5-9(13)14/h3-4,12H,5H2,1-2H3,(H,13,14). The number of rotatable bonds is 4. The summed E-state index contributed by atoms with van der Waals surface area (Å²) in [5, 5.41) is 8.48. The zero-order chi connectivity index (χ0) is 13.2. The van der Waals surface area contributed by atoms with Gasteiger partial charge in [0.05, 0.1) is 5.69 Å². The van der Waals surface area contributed by atoms with Crippen LogP contribution < -0.4 is 4.72 Å². The third kappa shape index (κ3) is 4.01. The number of anilines is 1. The molecular weight excluding hydrogens is 310 g/mol. The van der Waals surface area contributed by atoms with E-state index in [1.165, 1.54) is 0 Å². The number of carboxylic acid groups (broad SMARTS) is 1. The number of nitrogens with one attached hydrogen (secondary N) is 1. The summed E-state index contributed by atoms with van der Waals surface area (Å²) in [5.41, 5.74) is 2.08. The van der Waals surface area contributed by atoms with Crippen molar-refractivity contribution in [3.63, 3.8) is 0 Å². The van der Waals surface area contributed by atoms with Gasteiger partial charge in [0, 0.05) is 4.47 Å². The largest absolute Gasteiger partial charge is 0.480 e. The number of carbonyl (C=O) groups is 1. The lowest BCUT2D eigenvalue weighted by Gasteiger charge is -2.12. The lowest BCUT2D eigenvalue weighted by atomic mass is 10.1. The van der Waals surface area contributed by atoms with Crippen LogP contribution in [0.2, 0.25) is 0 Å². The lowest BCUT2D eigenvalue weighted by molar-refractivity contribution is -0.134. The van der Waals surface area contributed by atoms with Crippen molar-refractivity contribution >= 4 is 37.6 Å². The third-order valence-corrected chi connectivity index (χ3v) is 3.77. The predicted molar refractivity (Wildman–Crippen MR) is 68.7 cm³/mol. The molecule has 94 valence electrons. The number of hydrogen-bond donors (Lipinski definition) is 2. The first-order chi connectivity index (χ1) is 7.71. The van der Waals surface area contributed by atoms with Gasteiger partial charge in [0.1, 0.15) is 0 Å². The van der Waals surface area contributed by atoms with Crippen LogP contribution in [-0.4, -0.2) is 25.2 Å².